The molecule has 2 heterocycles. The SMILES string of the molecule is CCOC(=O)C1CC(=O)c2cnc(SC)nc2N1C1(CO[Si](C(C)C)(C(C)C)C(C)C)CCCC1. The molecule has 0 N–H and O–H groups in total. The highest BCUT2D eigenvalue weighted by Gasteiger charge is 2.53. The number of esters is 1. The Morgan fingerprint density at radius 2 is 1.77 bits per heavy atom. The van der Waals surface area contributed by atoms with Gasteiger partial charge in [0.1, 0.15) is 11.9 Å². The fourth-order valence-corrected chi connectivity index (χ4v) is 12.4. The molecule has 1 aromatic rings. The van der Waals surface area contributed by atoms with Crippen molar-refractivity contribution in [2.75, 3.05) is 24.4 Å². The molecule has 1 fully saturated rings. The number of fused-ring (bicyclic) bond motifs is 1. The van der Waals surface area contributed by atoms with Crippen molar-refractivity contribution >= 4 is 37.6 Å². The van der Waals surface area contributed by atoms with Crippen LogP contribution in [0.3, 0.4) is 0 Å². The Morgan fingerprint density at radius 3 is 2.29 bits per heavy atom. The van der Waals surface area contributed by atoms with Gasteiger partial charge in [0.15, 0.2) is 19.3 Å². The molecule has 3 rings (SSSR count). The van der Waals surface area contributed by atoms with E-state index in [9.17, 15) is 9.59 Å². The molecule has 0 bridgehead atoms. The molecule has 1 aliphatic carbocycles. The number of carbonyl (C=O) groups is 2. The first-order valence-electron chi connectivity index (χ1n) is 13.1. The van der Waals surface area contributed by atoms with E-state index in [1.807, 2.05) is 6.26 Å². The summed E-state index contributed by atoms with van der Waals surface area (Å²) in [4.78, 5) is 37.6. The first-order chi connectivity index (χ1) is 16.5. The Bertz CT molecular complexity index is 896. The van der Waals surface area contributed by atoms with Crippen LogP contribution in [0.1, 0.15) is 90.9 Å². The van der Waals surface area contributed by atoms with Gasteiger partial charge in [0.05, 0.1) is 24.3 Å². The zero-order valence-electron chi connectivity index (χ0n) is 22.7. The predicted molar refractivity (Wildman–Crippen MR) is 144 cm³/mol. The highest BCUT2D eigenvalue weighted by molar-refractivity contribution is 7.98. The lowest BCUT2D eigenvalue weighted by molar-refractivity contribution is -0.145. The van der Waals surface area contributed by atoms with E-state index in [0.717, 1.165) is 25.7 Å². The Hall–Kier alpha value is -1.45. The summed E-state index contributed by atoms with van der Waals surface area (Å²) in [5, 5.41) is 0.593. The minimum atomic E-state index is -2.14. The van der Waals surface area contributed by atoms with Gasteiger partial charge < -0.3 is 14.1 Å². The van der Waals surface area contributed by atoms with E-state index in [4.69, 9.17) is 14.1 Å². The van der Waals surface area contributed by atoms with Gasteiger partial charge in [-0.25, -0.2) is 14.8 Å². The Labute approximate surface area is 216 Å². The van der Waals surface area contributed by atoms with Gasteiger partial charge in [-0.15, -0.1) is 0 Å². The average molecular weight is 522 g/mol. The summed E-state index contributed by atoms with van der Waals surface area (Å²) in [6, 6.07) is -0.700. The maximum atomic E-state index is 13.2. The Morgan fingerprint density at radius 1 is 1.17 bits per heavy atom. The first-order valence-corrected chi connectivity index (χ1v) is 16.4. The van der Waals surface area contributed by atoms with Crippen LogP contribution in [0.5, 0.6) is 0 Å². The number of aromatic nitrogens is 2. The van der Waals surface area contributed by atoms with Crippen LogP contribution in [0.25, 0.3) is 0 Å². The van der Waals surface area contributed by atoms with Crippen molar-refractivity contribution in [3.8, 4) is 0 Å². The molecule has 7 nitrogen and oxygen atoms in total. The highest BCUT2D eigenvalue weighted by Crippen LogP contribution is 2.47. The summed E-state index contributed by atoms with van der Waals surface area (Å²) in [5.74, 6) is 0.100. The summed E-state index contributed by atoms with van der Waals surface area (Å²) in [6.07, 6.45) is 7.53. The molecule has 0 radical (unpaired) electrons. The lowest BCUT2D eigenvalue weighted by Crippen LogP contribution is -2.62. The number of ether oxygens (including phenoxy) is 1. The number of hydrogen-bond acceptors (Lipinski definition) is 8. The van der Waals surface area contributed by atoms with Crippen LogP contribution < -0.4 is 4.90 Å². The van der Waals surface area contributed by atoms with Gasteiger partial charge in [0.2, 0.25) is 0 Å². The molecule has 0 aromatic carbocycles. The molecule has 2 aliphatic rings. The maximum absolute atomic E-state index is 13.2. The number of anilines is 1. The van der Waals surface area contributed by atoms with Gasteiger partial charge in [0, 0.05) is 12.6 Å². The van der Waals surface area contributed by atoms with Gasteiger partial charge in [-0.3, -0.25) is 4.79 Å². The van der Waals surface area contributed by atoms with Gasteiger partial charge in [-0.1, -0.05) is 66.1 Å². The second-order valence-corrected chi connectivity index (χ2v) is 17.1. The second-order valence-electron chi connectivity index (χ2n) is 10.9. The van der Waals surface area contributed by atoms with Gasteiger partial charge in [0.25, 0.3) is 0 Å². The molecule has 1 aromatic heterocycles. The zero-order chi connectivity index (χ0) is 26.0. The van der Waals surface area contributed by atoms with Crippen molar-refractivity contribution in [2.24, 2.45) is 0 Å². The van der Waals surface area contributed by atoms with Crippen LogP contribution >= 0.6 is 11.8 Å². The molecule has 0 amide bonds. The average Bonchev–Trinajstić information content (AvgIpc) is 3.28. The van der Waals surface area contributed by atoms with E-state index >= 15 is 0 Å². The fourth-order valence-electron chi connectivity index (χ4n) is 6.59. The molecular weight excluding hydrogens is 478 g/mol. The Kier molecular flexibility index (Phi) is 9.08. The van der Waals surface area contributed by atoms with Crippen LogP contribution in [-0.4, -0.2) is 61.1 Å². The third kappa shape index (κ3) is 5.18. The van der Waals surface area contributed by atoms with Crippen molar-refractivity contribution < 1.29 is 18.8 Å². The predicted octanol–water partition coefficient (Wildman–Crippen LogP) is 6.03. The van der Waals surface area contributed by atoms with E-state index in [1.54, 1.807) is 13.1 Å². The Balaban J connectivity index is 2.13. The number of Topliss-reactive ketones (excluding diaryl/α,β-unsaturated/α-hetero) is 1. The number of ketones is 1. The van der Waals surface area contributed by atoms with Crippen LogP contribution in [0.15, 0.2) is 11.4 Å². The van der Waals surface area contributed by atoms with Crippen molar-refractivity contribution in [3.63, 3.8) is 0 Å². The number of carbonyl (C=O) groups excluding carboxylic acids is 2. The molecule has 35 heavy (non-hydrogen) atoms. The zero-order valence-corrected chi connectivity index (χ0v) is 24.5. The van der Waals surface area contributed by atoms with E-state index < -0.39 is 19.9 Å². The molecule has 1 saturated carbocycles. The van der Waals surface area contributed by atoms with E-state index in [2.05, 4.69) is 51.4 Å². The summed E-state index contributed by atoms with van der Waals surface area (Å²) in [7, 11) is -2.14. The number of nitrogens with zero attached hydrogens (tertiary/aromatic N) is 3. The topological polar surface area (TPSA) is 81.6 Å². The minimum absolute atomic E-state index is 0.0800. The smallest absolute Gasteiger partial charge is 0.329 e. The largest absolute Gasteiger partial charge is 0.464 e. The molecule has 1 atom stereocenters. The fraction of sp³-hybridized carbons (Fsp3) is 0.769. The summed E-state index contributed by atoms with van der Waals surface area (Å²) < 4.78 is 12.6. The minimum Gasteiger partial charge on any atom is -0.464 e. The van der Waals surface area contributed by atoms with Crippen LogP contribution in [-0.2, 0) is 14.0 Å². The molecule has 0 saturated heterocycles. The lowest BCUT2D eigenvalue weighted by Gasteiger charge is -2.51. The van der Waals surface area contributed by atoms with Crippen LogP contribution in [0.4, 0.5) is 5.82 Å². The normalized spacial score (nSPS) is 20.1. The summed E-state index contributed by atoms with van der Waals surface area (Å²) in [6.45, 7) is 16.4. The van der Waals surface area contributed by atoms with Crippen LogP contribution in [0, 0.1) is 0 Å². The molecule has 0 spiro atoms. The second kappa shape index (κ2) is 11.3. The van der Waals surface area contributed by atoms with E-state index in [-0.39, 0.29) is 24.8 Å². The summed E-state index contributed by atoms with van der Waals surface area (Å²) >= 11 is 1.43. The molecule has 1 aliphatic heterocycles. The quantitative estimate of drug-likeness (QED) is 0.160. The third-order valence-corrected chi connectivity index (χ3v) is 14.7. The molecule has 9 heteroatoms. The van der Waals surface area contributed by atoms with Gasteiger partial charge >= 0.3 is 5.97 Å². The number of hydrogen-bond donors (Lipinski definition) is 0. The summed E-state index contributed by atoms with van der Waals surface area (Å²) in [5.41, 5.74) is 1.47. The van der Waals surface area contributed by atoms with Crippen molar-refractivity contribution in [1.82, 2.24) is 9.97 Å². The molecular formula is C26H43N3O4SSi. The van der Waals surface area contributed by atoms with Crippen molar-refractivity contribution in [3.05, 3.63) is 11.8 Å². The maximum Gasteiger partial charge on any atom is 0.329 e. The van der Waals surface area contributed by atoms with E-state index in [1.165, 1.54) is 11.8 Å². The van der Waals surface area contributed by atoms with E-state index in [0.29, 0.717) is 39.8 Å². The molecule has 196 valence electrons. The van der Waals surface area contributed by atoms with Gasteiger partial charge in [-0.05, 0) is 42.6 Å². The third-order valence-electron chi connectivity index (χ3n) is 8.05. The van der Waals surface area contributed by atoms with Gasteiger partial charge in [-0.2, -0.15) is 0 Å². The highest BCUT2D eigenvalue weighted by atomic mass is 32.2. The lowest BCUT2D eigenvalue weighted by atomic mass is 9.88. The van der Waals surface area contributed by atoms with Crippen molar-refractivity contribution in [1.29, 1.82) is 0 Å². The molecule has 1 unspecified atom stereocenters. The van der Waals surface area contributed by atoms with Crippen molar-refractivity contribution in [2.45, 2.75) is 114 Å². The monoisotopic (exact) mass is 521 g/mol. The number of thioether (sulfide) groups is 1. The first kappa shape index (κ1) is 28.1. The van der Waals surface area contributed by atoms with Crippen LogP contribution in [0.2, 0.25) is 16.6 Å². The number of rotatable bonds is 10. The standard InChI is InChI=1S/C26H43N3O4SSi/c1-9-32-24(31)21-14-22(30)20-15-27-25(34-8)28-23(20)29(21)26(12-10-11-13-26)16-33-35(17(2)3,18(4)5)19(6)7/h15,17-19,21H,9-14,16H2,1-8H3.